The van der Waals surface area contributed by atoms with Gasteiger partial charge in [-0.2, -0.15) is 0 Å². The van der Waals surface area contributed by atoms with Gasteiger partial charge in [-0.3, -0.25) is 0 Å². The third kappa shape index (κ3) is 3.79. The van der Waals surface area contributed by atoms with Gasteiger partial charge in [-0.15, -0.1) is 0 Å². The third-order valence-electron chi connectivity index (χ3n) is 4.33. The molecule has 1 aromatic heterocycles. The summed E-state index contributed by atoms with van der Waals surface area (Å²) in [7, 11) is -1.48. The molecule has 0 spiro atoms. The van der Waals surface area contributed by atoms with Crippen LogP contribution in [0.2, 0.25) is 0 Å². The lowest BCUT2D eigenvalue weighted by Crippen LogP contribution is -2.29. The molecule has 1 heterocycles. The Morgan fingerprint density at radius 3 is 1.56 bits per heavy atom. The van der Waals surface area contributed by atoms with Gasteiger partial charge < -0.3 is 10.0 Å². The van der Waals surface area contributed by atoms with Crippen LogP contribution < -0.4 is 5.46 Å². The van der Waals surface area contributed by atoms with Gasteiger partial charge in [0.05, 0.1) is 11.4 Å². The van der Waals surface area contributed by atoms with E-state index < -0.39 is 7.12 Å². The van der Waals surface area contributed by atoms with Gasteiger partial charge in [-0.1, -0.05) is 84.9 Å². The zero-order valence-corrected chi connectivity index (χ0v) is 14.5. The van der Waals surface area contributed by atoms with Gasteiger partial charge >= 0.3 is 7.12 Å². The Morgan fingerprint density at radius 2 is 1.04 bits per heavy atom. The fourth-order valence-corrected chi connectivity index (χ4v) is 2.89. The first kappa shape index (κ1) is 17.2. The average molecular weight is 352 g/mol. The highest BCUT2D eigenvalue weighted by Crippen LogP contribution is 2.27. The summed E-state index contributed by atoms with van der Waals surface area (Å²) >= 11 is 0. The minimum atomic E-state index is -1.48. The zero-order chi connectivity index (χ0) is 18.6. The van der Waals surface area contributed by atoms with E-state index in [1.165, 1.54) is 0 Å². The van der Waals surface area contributed by atoms with Crippen molar-refractivity contribution in [3.63, 3.8) is 0 Å². The predicted octanol–water partition coefficient (Wildman–Crippen LogP) is 3.16. The molecule has 130 valence electrons. The van der Waals surface area contributed by atoms with Crippen LogP contribution in [-0.2, 0) is 0 Å². The Hall–Kier alpha value is -3.28. The summed E-state index contributed by atoms with van der Waals surface area (Å²) in [4.78, 5) is 9.49. The molecular formula is C22H17BN2O2. The van der Waals surface area contributed by atoms with Gasteiger partial charge in [0.25, 0.3) is 0 Å². The lowest BCUT2D eigenvalue weighted by Gasteiger charge is -2.10. The highest BCUT2D eigenvalue weighted by molar-refractivity contribution is 6.58. The molecule has 0 radical (unpaired) electrons. The molecule has 5 heteroatoms. The summed E-state index contributed by atoms with van der Waals surface area (Å²) in [6.07, 6.45) is 0. The summed E-state index contributed by atoms with van der Waals surface area (Å²) in [6, 6.07) is 28.8. The first-order chi connectivity index (χ1) is 13.2. The monoisotopic (exact) mass is 352 g/mol. The van der Waals surface area contributed by atoms with E-state index in [0.29, 0.717) is 11.3 Å². The standard InChI is InChI=1S/C22H17BN2O2/c26-23(27)19-13-11-17(12-14-19)21-15-20(16-7-3-1-4-8-16)24-22(25-21)18-9-5-2-6-10-18/h1-15,26-27H. The number of benzene rings is 3. The molecule has 3 aromatic carbocycles. The van der Waals surface area contributed by atoms with Crippen molar-refractivity contribution >= 4 is 12.6 Å². The lowest BCUT2D eigenvalue weighted by atomic mass is 9.80. The Balaban J connectivity index is 1.85. The second-order valence-electron chi connectivity index (χ2n) is 6.19. The summed E-state index contributed by atoms with van der Waals surface area (Å²) in [6.45, 7) is 0. The number of rotatable bonds is 4. The van der Waals surface area contributed by atoms with Crippen LogP contribution in [-0.4, -0.2) is 27.1 Å². The van der Waals surface area contributed by atoms with Crippen molar-refractivity contribution in [1.82, 2.24) is 9.97 Å². The van der Waals surface area contributed by atoms with Gasteiger partial charge in [-0.05, 0) is 11.5 Å². The molecule has 2 N–H and O–H groups in total. The molecule has 4 aromatic rings. The van der Waals surface area contributed by atoms with Crippen LogP contribution in [0.4, 0.5) is 0 Å². The summed E-state index contributed by atoms with van der Waals surface area (Å²) in [5, 5.41) is 18.6. The fraction of sp³-hybridized carbons (Fsp3) is 0. The Labute approximate surface area is 158 Å². The van der Waals surface area contributed by atoms with Crippen LogP contribution in [0.1, 0.15) is 0 Å². The highest BCUT2D eigenvalue weighted by atomic mass is 16.4. The van der Waals surface area contributed by atoms with E-state index in [-0.39, 0.29) is 0 Å². The third-order valence-corrected chi connectivity index (χ3v) is 4.33. The van der Waals surface area contributed by atoms with E-state index in [1.807, 2.05) is 78.9 Å². The van der Waals surface area contributed by atoms with Crippen LogP contribution in [0.3, 0.4) is 0 Å². The minimum Gasteiger partial charge on any atom is -0.423 e. The Morgan fingerprint density at radius 1 is 0.556 bits per heavy atom. The Bertz CT molecular complexity index is 979. The quantitative estimate of drug-likeness (QED) is 0.554. The van der Waals surface area contributed by atoms with Gasteiger partial charge in [-0.25, -0.2) is 9.97 Å². The number of hydrogen-bond acceptors (Lipinski definition) is 4. The molecule has 0 unspecified atom stereocenters. The number of aromatic nitrogens is 2. The molecule has 4 nitrogen and oxygen atoms in total. The molecule has 4 rings (SSSR count). The van der Waals surface area contributed by atoms with Crippen LogP contribution in [0.25, 0.3) is 33.9 Å². The predicted molar refractivity (Wildman–Crippen MR) is 108 cm³/mol. The molecule has 0 bridgehead atoms. The smallest absolute Gasteiger partial charge is 0.423 e. The number of hydrogen-bond donors (Lipinski definition) is 2. The first-order valence-corrected chi connectivity index (χ1v) is 8.67. The molecule has 0 saturated carbocycles. The first-order valence-electron chi connectivity index (χ1n) is 8.67. The van der Waals surface area contributed by atoms with Gasteiger partial charge in [0.15, 0.2) is 5.82 Å². The SMILES string of the molecule is OB(O)c1ccc(-c2cc(-c3ccccc3)nc(-c3ccccc3)n2)cc1. The highest BCUT2D eigenvalue weighted by Gasteiger charge is 2.13. The fourth-order valence-electron chi connectivity index (χ4n) is 2.89. The van der Waals surface area contributed by atoms with Crippen LogP contribution in [0.5, 0.6) is 0 Å². The van der Waals surface area contributed by atoms with E-state index in [0.717, 1.165) is 28.1 Å². The summed E-state index contributed by atoms with van der Waals surface area (Å²) < 4.78 is 0. The molecule has 0 aliphatic rings. The molecule has 0 fully saturated rings. The van der Waals surface area contributed by atoms with Crippen LogP contribution in [0, 0.1) is 0 Å². The van der Waals surface area contributed by atoms with Crippen molar-refractivity contribution in [2.75, 3.05) is 0 Å². The van der Waals surface area contributed by atoms with Crippen molar-refractivity contribution in [3.8, 4) is 33.9 Å². The van der Waals surface area contributed by atoms with Crippen molar-refractivity contribution in [2.24, 2.45) is 0 Å². The molecule has 0 amide bonds. The van der Waals surface area contributed by atoms with Crippen LogP contribution in [0.15, 0.2) is 91.0 Å². The molecule has 0 aliphatic heterocycles. The molecular weight excluding hydrogens is 335 g/mol. The number of nitrogens with zero attached hydrogens (tertiary/aromatic N) is 2. The molecule has 0 aliphatic carbocycles. The van der Waals surface area contributed by atoms with E-state index in [1.54, 1.807) is 12.1 Å². The maximum absolute atomic E-state index is 9.30. The zero-order valence-electron chi connectivity index (χ0n) is 14.5. The van der Waals surface area contributed by atoms with Gasteiger partial charge in [0.1, 0.15) is 0 Å². The van der Waals surface area contributed by atoms with Crippen molar-refractivity contribution < 1.29 is 10.0 Å². The lowest BCUT2D eigenvalue weighted by molar-refractivity contribution is 0.426. The van der Waals surface area contributed by atoms with E-state index in [2.05, 4.69) is 0 Å². The maximum Gasteiger partial charge on any atom is 0.488 e. The van der Waals surface area contributed by atoms with Crippen molar-refractivity contribution in [1.29, 1.82) is 0 Å². The Kier molecular flexibility index (Phi) is 4.79. The van der Waals surface area contributed by atoms with Crippen molar-refractivity contribution in [2.45, 2.75) is 0 Å². The van der Waals surface area contributed by atoms with Gasteiger partial charge in [0.2, 0.25) is 0 Å². The summed E-state index contributed by atoms with van der Waals surface area (Å²) in [5.74, 6) is 0.651. The van der Waals surface area contributed by atoms with E-state index >= 15 is 0 Å². The van der Waals surface area contributed by atoms with Crippen LogP contribution >= 0.6 is 0 Å². The average Bonchev–Trinajstić information content (AvgIpc) is 2.75. The maximum atomic E-state index is 9.30. The van der Waals surface area contributed by atoms with E-state index in [4.69, 9.17) is 9.97 Å². The van der Waals surface area contributed by atoms with E-state index in [9.17, 15) is 10.0 Å². The van der Waals surface area contributed by atoms with Crippen molar-refractivity contribution in [3.05, 3.63) is 91.0 Å². The van der Waals surface area contributed by atoms with Gasteiger partial charge in [0, 0.05) is 16.7 Å². The topological polar surface area (TPSA) is 66.2 Å². The molecule has 0 atom stereocenters. The second-order valence-corrected chi connectivity index (χ2v) is 6.19. The minimum absolute atomic E-state index is 0.444. The largest absolute Gasteiger partial charge is 0.488 e. The molecule has 0 saturated heterocycles. The normalized spacial score (nSPS) is 10.6. The molecule has 27 heavy (non-hydrogen) atoms. The summed E-state index contributed by atoms with van der Waals surface area (Å²) in [5.41, 5.74) is 4.91. The second kappa shape index (κ2) is 7.54.